The summed E-state index contributed by atoms with van der Waals surface area (Å²) in [6, 6.07) is 6.56. The Balaban J connectivity index is 2.41. The molecule has 0 heterocycles. The predicted octanol–water partition coefficient (Wildman–Crippen LogP) is 3.17. The molecule has 0 bridgehead atoms. The van der Waals surface area contributed by atoms with Gasteiger partial charge in [-0.1, -0.05) is 38.7 Å². The number of benzene rings is 1. The quantitative estimate of drug-likeness (QED) is 0.586. The molecule has 0 aliphatic carbocycles. The van der Waals surface area contributed by atoms with Gasteiger partial charge in [0, 0.05) is 12.1 Å². The Hall–Kier alpha value is -1.84. The van der Waals surface area contributed by atoms with Crippen LogP contribution in [-0.2, 0) is 4.74 Å². The summed E-state index contributed by atoms with van der Waals surface area (Å²) in [5, 5.41) is 2.87. The van der Waals surface area contributed by atoms with Gasteiger partial charge in [-0.2, -0.15) is 0 Å². The number of esters is 1. The summed E-state index contributed by atoms with van der Waals surface area (Å²) >= 11 is 0. The van der Waals surface area contributed by atoms with Crippen LogP contribution in [0.15, 0.2) is 24.3 Å². The van der Waals surface area contributed by atoms with Gasteiger partial charge in [-0.25, -0.2) is 4.79 Å². The van der Waals surface area contributed by atoms with E-state index < -0.39 is 5.97 Å². The minimum atomic E-state index is -0.431. The van der Waals surface area contributed by atoms with Gasteiger partial charge in [0.15, 0.2) is 0 Å². The van der Waals surface area contributed by atoms with Crippen LogP contribution >= 0.6 is 0 Å². The molecule has 0 aliphatic rings. The van der Waals surface area contributed by atoms with Crippen molar-refractivity contribution in [3.8, 4) is 0 Å². The standard InChI is InChI=1S/C16H23NO3/c1-3-4-5-6-7-11-17-15(18)13-9-8-10-14(12-13)16(19)20-2/h8-10,12H,3-7,11H2,1-2H3,(H,17,18). The fourth-order valence-corrected chi connectivity index (χ4v) is 1.94. The number of ether oxygens (including phenoxy) is 1. The van der Waals surface area contributed by atoms with Crippen LogP contribution in [-0.4, -0.2) is 25.5 Å². The second-order valence-corrected chi connectivity index (χ2v) is 4.74. The Kier molecular flexibility index (Phi) is 7.40. The van der Waals surface area contributed by atoms with Crippen LogP contribution in [0, 0.1) is 0 Å². The highest BCUT2D eigenvalue weighted by Crippen LogP contribution is 2.07. The molecule has 1 aromatic carbocycles. The van der Waals surface area contributed by atoms with Crippen LogP contribution < -0.4 is 5.32 Å². The van der Waals surface area contributed by atoms with E-state index in [9.17, 15) is 9.59 Å². The lowest BCUT2D eigenvalue weighted by atomic mass is 10.1. The molecule has 20 heavy (non-hydrogen) atoms. The van der Waals surface area contributed by atoms with E-state index in [1.165, 1.54) is 26.4 Å². The number of amides is 1. The van der Waals surface area contributed by atoms with Crippen LogP contribution in [0.25, 0.3) is 0 Å². The molecule has 1 rings (SSSR count). The summed E-state index contributed by atoms with van der Waals surface area (Å²) in [4.78, 5) is 23.3. The van der Waals surface area contributed by atoms with Crippen molar-refractivity contribution in [2.45, 2.75) is 39.0 Å². The number of carbonyl (C=O) groups is 2. The zero-order valence-electron chi connectivity index (χ0n) is 12.3. The molecule has 1 aromatic rings. The average molecular weight is 277 g/mol. The topological polar surface area (TPSA) is 55.4 Å². The van der Waals surface area contributed by atoms with Crippen LogP contribution in [0.1, 0.15) is 59.7 Å². The molecule has 0 saturated carbocycles. The minimum absolute atomic E-state index is 0.147. The first kappa shape index (κ1) is 16.2. The second-order valence-electron chi connectivity index (χ2n) is 4.74. The summed E-state index contributed by atoms with van der Waals surface area (Å²) < 4.78 is 4.64. The molecule has 0 aromatic heterocycles. The van der Waals surface area contributed by atoms with Gasteiger partial charge in [-0.05, 0) is 24.6 Å². The smallest absolute Gasteiger partial charge is 0.337 e. The molecule has 0 atom stereocenters. The molecule has 0 radical (unpaired) electrons. The second kappa shape index (κ2) is 9.13. The maximum absolute atomic E-state index is 11.9. The van der Waals surface area contributed by atoms with Gasteiger partial charge in [0.2, 0.25) is 0 Å². The molecule has 4 nitrogen and oxygen atoms in total. The van der Waals surface area contributed by atoms with Crippen molar-refractivity contribution in [2.24, 2.45) is 0 Å². The van der Waals surface area contributed by atoms with E-state index in [-0.39, 0.29) is 5.91 Å². The van der Waals surface area contributed by atoms with E-state index in [2.05, 4.69) is 17.0 Å². The number of unbranched alkanes of at least 4 members (excludes halogenated alkanes) is 4. The molecule has 0 aliphatic heterocycles. The minimum Gasteiger partial charge on any atom is -0.465 e. The Morgan fingerprint density at radius 1 is 1.10 bits per heavy atom. The fourth-order valence-electron chi connectivity index (χ4n) is 1.94. The van der Waals surface area contributed by atoms with Crippen molar-refractivity contribution in [3.05, 3.63) is 35.4 Å². The number of nitrogens with one attached hydrogen (secondary N) is 1. The molecule has 1 amide bonds. The summed E-state index contributed by atoms with van der Waals surface area (Å²) in [6.45, 7) is 2.85. The zero-order chi connectivity index (χ0) is 14.8. The third kappa shape index (κ3) is 5.43. The van der Waals surface area contributed by atoms with Crippen molar-refractivity contribution in [1.29, 1.82) is 0 Å². The van der Waals surface area contributed by atoms with Crippen molar-refractivity contribution >= 4 is 11.9 Å². The van der Waals surface area contributed by atoms with Gasteiger partial charge in [0.05, 0.1) is 12.7 Å². The van der Waals surface area contributed by atoms with Gasteiger partial charge in [0.25, 0.3) is 5.91 Å². The van der Waals surface area contributed by atoms with Crippen LogP contribution in [0.2, 0.25) is 0 Å². The molecule has 110 valence electrons. The predicted molar refractivity (Wildman–Crippen MR) is 78.9 cm³/mol. The molecule has 0 fully saturated rings. The Bertz CT molecular complexity index is 443. The maximum Gasteiger partial charge on any atom is 0.337 e. The Labute approximate surface area is 120 Å². The average Bonchev–Trinajstić information content (AvgIpc) is 2.49. The Morgan fingerprint density at radius 3 is 2.50 bits per heavy atom. The number of rotatable bonds is 8. The highest BCUT2D eigenvalue weighted by Gasteiger charge is 2.09. The van der Waals surface area contributed by atoms with Gasteiger partial charge in [-0.3, -0.25) is 4.79 Å². The number of hydrogen-bond acceptors (Lipinski definition) is 3. The van der Waals surface area contributed by atoms with Crippen LogP contribution in [0.4, 0.5) is 0 Å². The van der Waals surface area contributed by atoms with E-state index in [1.54, 1.807) is 24.3 Å². The van der Waals surface area contributed by atoms with Crippen LogP contribution in [0.5, 0.6) is 0 Å². The zero-order valence-corrected chi connectivity index (χ0v) is 12.3. The number of carbonyl (C=O) groups excluding carboxylic acids is 2. The first-order valence-corrected chi connectivity index (χ1v) is 7.15. The lowest BCUT2D eigenvalue weighted by Crippen LogP contribution is -2.24. The summed E-state index contributed by atoms with van der Waals surface area (Å²) in [5.41, 5.74) is 0.879. The monoisotopic (exact) mass is 277 g/mol. The first-order chi connectivity index (χ1) is 9.69. The molecular formula is C16H23NO3. The molecule has 0 saturated heterocycles. The summed E-state index contributed by atoms with van der Waals surface area (Å²) in [5.74, 6) is -0.578. The highest BCUT2D eigenvalue weighted by atomic mass is 16.5. The van der Waals surface area contributed by atoms with Crippen molar-refractivity contribution in [1.82, 2.24) is 5.32 Å². The van der Waals surface area contributed by atoms with Gasteiger partial charge in [0.1, 0.15) is 0 Å². The molecule has 1 N–H and O–H groups in total. The van der Waals surface area contributed by atoms with E-state index in [4.69, 9.17) is 0 Å². The first-order valence-electron chi connectivity index (χ1n) is 7.15. The van der Waals surface area contributed by atoms with E-state index in [0.717, 1.165) is 12.8 Å². The van der Waals surface area contributed by atoms with Crippen molar-refractivity contribution in [3.63, 3.8) is 0 Å². The fraction of sp³-hybridized carbons (Fsp3) is 0.500. The lowest BCUT2D eigenvalue weighted by molar-refractivity contribution is 0.0600. The largest absolute Gasteiger partial charge is 0.465 e. The van der Waals surface area contributed by atoms with Gasteiger partial charge in [-0.15, -0.1) is 0 Å². The van der Waals surface area contributed by atoms with Crippen molar-refractivity contribution in [2.75, 3.05) is 13.7 Å². The summed E-state index contributed by atoms with van der Waals surface area (Å²) in [7, 11) is 1.32. The van der Waals surface area contributed by atoms with E-state index in [1.807, 2.05) is 0 Å². The molecule has 0 unspecified atom stereocenters. The Morgan fingerprint density at radius 2 is 1.80 bits per heavy atom. The number of methoxy groups -OCH3 is 1. The van der Waals surface area contributed by atoms with Gasteiger partial charge >= 0.3 is 5.97 Å². The van der Waals surface area contributed by atoms with E-state index >= 15 is 0 Å². The molecule has 0 spiro atoms. The third-order valence-electron chi connectivity index (χ3n) is 3.11. The van der Waals surface area contributed by atoms with Gasteiger partial charge < -0.3 is 10.1 Å². The molecule has 4 heteroatoms. The van der Waals surface area contributed by atoms with Crippen LogP contribution in [0.3, 0.4) is 0 Å². The lowest BCUT2D eigenvalue weighted by Gasteiger charge is -2.06. The summed E-state index contributed by atoms with van der Waals surface area (Å²) in [6.07, 6.45) is 5.80. The number of hydrogen-bond donors (Lipinski definition) is 1. The third-order valence-corrected chi connectivity index (χ3v) is 3.11. The highest BCUT2D eigenvalue weighted by molar-refractivity contribution is 5.97. The van der Waals surface area contributed by atoms with E-state index in [0.29, 0.717) is 17.7 Å². The molecular weight excluding hydrogens is 254 g/mol. The maximum atomic E-state index is 11.9. The normalized spacial score (nSPS) is 10.1. The SMILES string of the molecule is CCCCCCCNC(=O)c1cccc(C(=O)OC)c1. The van der Waals surface area contributed by atoms with Crippen molar-refractivity contribution < 1.29 is 14.3 Å².